The van der Waals surface area contributed by atoms with E-state index in [1.807, 2.05) is 30.3 Å². The number of hydrogen-bond acceptors (Lipinski definition) is 4. The van der Waals surface area contributed by atoms with Crippen molar-refractivity contribution in [3.63, 3.8) is 0 Å². The molecule has 2 aromatic heterocycles. The molecule has 0 saturated heterocycles. The number of aryl methyl sites for hydroxylation is 3. The monoisotopic (exact) mass is 277 g/mol. The Bertz CT molecular complexity index is 558. The molecule has 0 fully saturated rings. The summed E-state index contributed by atoms with van der Waals surface area (Å²) >= 11 is 0. The normalized spacial score (nSPS) is 11.2. The highest BCUT2D eigenvalue weighted by Crippen LogP contribution is 2.09. The van der Waals surface area contributed by atoms with Crippen LogP contribution in [0.25, 0.3) is 0 Å². The summed E-state index contributed by atoms with van der Waals surface area (Å²) < 4.78 is 8.89. The van der Waals surface area contributed by atoms with Crippen LogP contribution in [0.2, 0.25) is 0 Å². The molecule has 0 amide bonds. The Labute approximate surface area is 119 Å². The zero-order valence-corrected chi connectivity index (χ0v) is 12.7. The first-order chi connectivity index (χ1) is 9.60. The van der Waals surface area contributed by atoms with Crippen molar-refractivity contribution in [3.8, 4) is 0 Å². The molecule has 0 unspecified atom stereocenters. The molecule has 6 nitrogen and oxygen atoms in total. The van der Waals surface area contributed by atoms with Gasteiger partial charge in [-0.3, -0.25) is 9.36 Å². The summed E-state index contributed by atoms with van der Waals surface area (Å²) in [5.74, 6) is 0. The van der Waals surface area contributed by atoms with Crippen LogP contribution in [0.3, 0.4) is 0 Å². The average molecular weight is 277 g/mol. The van der Waals surface area contributed by atoms with Crippen LogP contribution in [0.1, 0.15) is 22.6 Å². The number of methoxy groups -OCH3 is 1. The predicted molar refractivity (Wildman–Crippen MR) is 77.6 cm³/mol. The average Bonchev–Trinajstić information content (AvgIpc) is 2.89. The summed E-state index contributed by atoms with van der Waals surface area (Å²) in [4.78, 5) is 0. The molecular formula is C14H23N5O. The molecule has 6 heteroatoms. The first-order valence-electron chi connectivity index (χ1n) is 6.82. The Balaban J connectivity index is 1.98. The van der Waals surface area contributed by atoms with E-state index >= 15 is 0 Å². The molecule has 0 spiro atoms. The van der Waals surface area contributed by atoms with Gasteiger partial charge in [0.05, 0.1) is 30.2 Å². The fourth-order valence-electron chi connectivity index (χ4n) is 2.19. The van der Waals surface area contributed by atoms with E-state index in [2.05, 4.69) is 27.8 Å². The first-order valence-corrected chi connectivity index (χ1v) is 6.82. The minimum Gasteiger partial charge on any atom is -0.383 e. The van der Waals surface area contributed by atoms with Gasteiger partial charge in [-0.15, -0.1) is 0 Å². The minimum atomic E-state index is 0.724. The van der Waals surface area contributed by atoms with Gasteiger partial charge in [0.1, 0.15) is 0 Å². The Hall–Kier alpha value is -1.66. The molecule has 0 atom stereocenters. The highest BCUT2D eigenvalue weighted by Gasteiger charge is 2.07. The summed E-state index contributed by atoms with van der Waals surface area (Å²) in [7, 11) is 3.67. The summed E-state index contributed by atoms with van der Waals surface area (Å²) in [6, 6.07) is 2.09. The number of ether oxygens (including phenoxy) is 1. The third-order valence-electron chi connectivity index (χ3n) is 3.27. The third kappa shape index (κ3) is 3.68. The second-order valence-electron chi connectivity index (χ2n) is 5.01. The van der Waals surface area contributed by atoms with Crippen molar-refractivity contribution < 1.29 is 4.74 Å². The summed E-state index contributed by atoms with van der Waals surface area (Å²) in [6.45, 7) is 7.18. The van der Waals surface area contributed by atoms with Crippen LogP contribution in [0.5, 0.6) is 0 Å². The van der Waals surface area contributed by atoms with E-state index in [1.165, 1.54) is 5.56 Å². The Morgan fingerprint density at radius 1 is 1.30 bits per heavy atom. The number of nitrogens with zero attached hydrogens (tertiary/aromatic N) is 4. The molecule has 110 valence electrons. The maximum Gasteiger partial charge on any atom is 0.0828 e. The first kappa shape index (κ1) is 14.7. The minimum absolute atomic E-state index is 0.724. The van der Waals surface area contributed by atoms with E-state index in [4.69, 9.17) is 4.74 Å². The second kappa shape index (κ2) is 6.67. The van der Waals surface area contributed by atoms with Crippen molar-refractivity contribution in [1.82, 2.24) is 24.9 Å². The number of hydrogen-bond donors (Lipinski definition) is 1. The summed E-state index contributed by atoms with van der Waals surface area (Å²) in [5.41, 5.74) is 4.48. The Morgan fingerprint density at radius 3 is 2.75 bits per heavy atom. The maximum atomic E-state index is 5.02. The van der Waals surface area contributed by atoms with Crippen LogP contribution in [-0.2, 0) is 24.9 Å². The molecule has 2 heterocycles. The quantitative estimate of drug-likeness (QED) is 0.768. The van der Waals surface area contributed by atoms with Crippen LogP contribution in [0.15, 0.2) is 12.3 Å². The van der Waals surface area contributed by atoms with Crippen LogP contribution < -0.4 is 5.32 Å². The zero-order valence-electron chi connectivity index (χ0n) is 12.7. The van der Waals surface area contributed by atoms with E-state index in [0.717, 1.165) is 43.3 Å². The van der Waals surface area contributed by atoms with E-state index < -0.39 is 0 Å². The maximum absolute atomic E-state index is 5.02. The van der Waals surface area contributed by atoms with Gasteiger partial charge in [0.25, 0.3) is 0 Å². The van der Waals surface area contributed by atoms with Gasteiger partial charge in [-0.25, -0.2) is 0 Å². The second-order valence-corrected chi connectivity index (χ2v) is 5.01. The van der Waals surface area contributed by atoms with Gasteiger partial charge in [-0.05, 0) is 19.9 Å². The summed E-state index contributed by atoms with van der Waals surface area (Å²) in [5, 5.41) is 12.3. The molecule has 0 aromatic carbocycles. The van der Waals surface area contributed by atoms with Gasteiger partial charge in [0.2, 0.25) is 0 Å². The lowest BCUT2D eigenvalue weighted by molar-refractivity contribution is 0.199. The number of aromatic nitrogens is 4. The van der Waals surface area contributed by atoms with Gasteiger partial charge in [-0.2, -0.15) is 10.2 Å². The molecular weight excluding hydrogens is 254 g/mol. The van der Waals surface area contributed by atoms with Crippen molar-refractivity contribution in [3.05, 3.63) is 34.9 Å². The molecule has 0 aliphatic rings. The number of nitrogens with one attached hydrogen (secondary N) is 1. The van der Waals surface area contributed by atoms with Crippen LogP contribution in [0.4, 0.5) is 0 Å². The van der Waals surface area contributed by atoms with Crippen molar-refractivity contribution in [2.24, 2.45) is 7.05 Å². The molecule has 0 aliphatic carbocycles. The van der Waals surface area contributed by atoms with E-state index in [1.54, 1.807) is 7.11 Å². The molecule has 0 saturated carbocycles. The van der Waals surface area contributed by atoms with Gasteiger partial charge in [0, 0.05) is 39.0 Å². The smallest absolute Gasteiger partial charge is 0.0828 e. The fraction of sp³-hybridized carbons (Fsp3) is 0.571. The highest BCUT2D eigenvalue weighted by molar-refractivity contribution is 5.16. The lowest BCUT2D eigenvalue weighted by Gasteiger charge is -2.02. The molecule has 2 aromatic rings. The zero-order chi connectivity index (χ0) is 14.5. The van der Waals surface area contributed by atoms with Crippen molar-refractivity contribution >= 4 is 0 Å². The largest absolute Gasteiger partial charge is 0.383 e. The van der Waals surface area contributed by atoms with E-state index in [0.29, 0.717) is 0 Å². The van der Waals surface area contributed by atoms with E-state index in [9.17, 15) is 0 Å². The Morgan fingerprint density at radius 2 is 2.10 bits per heavy atom. The molecule has 20 heavy (non-hydrogen) atoms. The lowest BCUT2D eigenvalue weighted by atomic mass is 10.2. The summed E-state index contributed by atoms with van der Waals surface area (Å²) in [6.07, 6.45) is 2.09. The lowest BCUT2D eigenvalue weighted by Crippen LogP contribution is -2.18. The molecule has 0 aliphatic heterocycles. The fourth-order valence-corrected chi connectivity index (χ4v) is 2.19. The van der Waals surface area contributed by atoms with Crippen LogP contribution in [-0.4, -0.2) is 39.8 Å². The van der Waals surface area contributed by atoms with Crippen LogP contribution in [0, 0.1) is 13.8 Å². The number of rotatable bonds is 7. The Kier molecular flexibility index (Phi) is 4.92. The van der Waals surface area contributed by atoms with E-state index in [-0.39, 0.29) is 0 Å². The molecule has 0 radical (unpaired) electrons. The standard InChI is InChI=1S/C14H23N5O/c1-11-7-14(18(3)16-11)10-19-9-13(12(2)17-19)8-15-5-6-20-4/h7,9,15H,5-6,8,10H2,1-4H3. The van der Waals surface area contributed by atoms with Crippen molar-refractivity contribution in [1.29, 1.82) is 0 Å². The topological polar surface area (TPSA) is 56.9 Å². The molecule has 2 rings (SSSR count). The predicted octanol–water partition coefficient (Wildman–Crippen LogP) is 1.02. The molecule has 1 N–H and O–H groups in total. The highest BCUT2D eigenvalue weighted by atomic mass is 16.5. The van der Waals surface area contributed by atoms with Crippen LogP contribution >= 0.6 is 0 Å². The SMILES string of the molecule is COCCNCc1cn(Cc2cc(C)nn2C)nc1C. The van der Waals surface area contributed by atoms with Crippen molar-refractivity contribution in [2.75, 3.05) is 20.3 Å². The van der Waals surface area contributed by atoms with Gasteiger partial charge in [-0.1, -0.05) is 0 Å². The third-order valence-corrected chi connectivity index (χ3v) is 3.27. The van der Waals surface area contributed by atoms with Gasteiger partial charge >= 0.3 is 0 Å². The van der Waals surface area contributed by atoms with Gasteiger partial charge < -0.3 is 10.1 Å². The van der Waals surface area contributed by atoms with Crippen molar-refractivity contribution in [2.45, 2.75) is 26.9 Å². The molecule has 0 bridgehead atoms. The van der Waals surface area contributed by atoms with Gasteiger partial charge in [0.15, 0.2) is 0 Å².